The smallest absolute Gasteiger partial charge is 0.122 e. The van der Waals surface area contributed by atoms with Crippen molar-refractivity contribution in [2.75, 3.05) is 12.5 Å². The molecule has 1 atom stereocenters. The molecular formula is C12H17ClO. The van der Waals surface area contributed by atoms with Crippen LogP contribution in [0.1, 0.15) is 18.1 Å². The van der Waals surface area contributed by atoms with Crippen molar-refractivity contribution in [1.82, 2.24) is 0 Å². The lowest BCUT2D eigenvalue weighted by atomic mass is 10.1. The van der Waals surface area contributed by atoms with Crippen LogP contribution in [-0.2, 0) is 0 Å². The summed E-state index contributed by atoms with van der Waals surface area (Å²) in [5, 5.41) is 0. The third-order valence-electron chi connectivity index (χ3n) is 2.34. The van der Waals surface area contributed by atoms with E-state index in [-0.39, 0.29) is 0 Å². The van der Waals surface area contributed by atoms with Gasteiger partial charge in [-0.25, -0.2) is 0 Å². The van der Waals surface area contributed by atoms with Crippen molar-refractivity contribution >= 4 is 11.6 Å². The Kier molecular flexibility index (Phi) is 4.27. The molecule has 0 heterocycles. The van der Waals surface area contributed by atoms with Crippen LogP contribution in [0.4, 0.5) is 0 Å². The number of benzene rings is 1. The summed E-state index contributed by atoms with van der Waals surface area (Å²) < 4.78 is 5.69. The van der Waals surface area contributed by atoms with Crippen molar-refractivity contribution in [2.24, 2.45) is 5.92 Å². The molecule has 1 aromatic carbocycles. The second-order valence-electron chi connectivity index (χ2n) is 3.77. The van der Waals surface area contributed by atoms with Crippen LogP contribution in [0.5, 0.6) is 5.75 Å². The third-order valence-corrected chi connectivity index (χ3v) is 2.87. The zero-order chi connectivity index (χ0) is 10.6. The highest BCUT2D eigenvalue weighted by Gasteiger charge is 2.04. The van der Waals surface area contributed by atoms with Crippen LogP contribution in [0.3, 0.4) is 0 Å². The fourth-order valence-electron chi connectivity index (χ4n) is 1.16. The van der Waals surface area contributed by atoms with Crippen molar-refractivity contribution in [1.29, 1.82) is 0 Å². The van der Waals surface area contributed by atoms with Gasteiger partial charge in [0, 0.05) is 11.8 Å². The maximum absolute atomic E-state index is 5.71. The van der Waals surface area contributed by atoms with Gasteiger partial charge in [-0.05, 0) is 31.0 Å². The number of ether oxygens (including phenoxy) is 1. The molecule has 0 amide bonds. The van der Waals surface area contributed by atoms with Gasteiger partial charge in [0.15, 0.2) is 0 Å². The van der Waals surface area contributed by atoms with E-state index in [4.69, 9.17) is 16.3 Å². The SMILES string of the molecule is Cc1cccc(OCC(C)CCl)c1C. The minimum absolute atomic E-state index is 0.400. The Bertz CT molecular complexity index is 296. The molecule has 0 bridgehead atoms. The summed E-state index contributed by atoms with van der Waals surface area (Å²) in [4.78, 5) is 0. The number of aryl methyl sites for hydroxylation is 1. The van der Waals surface area contributed by atoms with Gasteiger partial charge in [0.2, 0.25) is 0 Å². The summed E-state index contributed by atoms with van der Waals surface area (Å²) in [5.74, 6) is 2.02. The summed E-state index contributed by atoms with van der Waals surface area (Å²) >= 11 is 5.71. The summed E-state index contributed by atoms with van der Waals surface area (Å²) in [6.45, 7) is 6.94. The van der Waals surface area contributed by atoms with Gasteiger partial charge in [-0.1, -0.05) is 19.1 Å². The molecule has 1 rings (SSSR count). The third kappa shape index (κ3) is 2.91. The van der Waals surface area contributed by atoms with Crippen LogP contribution in [0.15, 0.2) is 18.2 Å². The standard InChI is InChI=1S/C12H17ClO/c1-9(7-13)8-14-12-6-4-5-10(2)11(12)3/h4-6,9H,7-8H2,1-3H3. The van der Waals surface area contributed by atoms with Crippen LogP contribution < -0.4 is 4.74 Å². The largest absolute Gasteiger partial charge is 0.493 e. The van der Waals surface area contributed by atoms with Gasteiger partial charge in [0.1, 0.15) is 5.75 Å². The first kappa shape index (κ1) is 11.4. The van der Waals surface area contributed by atoms with Gasteiger partial charge in [-0.2, -0.15) is 0 Å². The van der Waals surface area contributed by atoms with E-state index in [1.807, 2.05) is 12.1 Å². The first-order valence-electron chi connectivity index (χ1n) is 4.90. The Balaban J connectivity index is 2.63. The lowest BCUT2D eigenvalue weighted by Gasteiger charge is -2.13. The van der Waals surface area contributed by atoms with Gasteiger partial charge in [0.25, 0.3) is 0 Å². The normalized spacial score (nSPS) is 12.6. The molecule has 14 heavy (non-hydrogen) atoms. The van der Waals surface area contributed by atoms with E-state index in [9.17, 15) is 0 Å². The first-order chi connectivity index (χ1) is 6.65. The van der Waals surface area contributed by atoms with E-state index >= 15 is 0 Å². The monoisotopic (exact) mass is 212 g/mol. The molecular weight excluding hydrogens is 196 g/mol. The zero-order valence-electron chi connectivity index (χ0n) is 9.01. The predicted octanol–water partition coefficient (Wildman–Crippen LogP) is 3.56. The molecule has 0 saturated carbocycles. The molecule has 0 aromatic heterocycles. The quantitative estimate of drug-likeness (QED) is 0.694. The molecule has 1 aromatic rings. The lowest BCUT2D eigenvalue weighted by molar-refractivity contribution is 0.271. The molecule has 78 valence electrons. The highest BCUT2D eigenvalue weighted by Crippen LogP contribution is 2.21. The molecule has 0 aliphatic rings. The van der Waals surface area contributed by atoms with Gasteiger partial charge in [-0.3, -0.25) is 0 Å². The summed E-state index contributed by atoms with van der Waals surface area (Å²) in [6.07, 6.45) is 0. The van der Waals surface area contributed by atoms with Crippen molar-refractivity contribution in [3.05, 3.63) is 29.3 Å². The highest BCUT2D eigenvalue weighted by molar-refractivity contribution is 6.18. The number of alkyl halides is 1. The minimum atomic E-state index is 0.400. The molecule has 0 spiro atoms. The van der Waals surface area contributed by atoms with Crippen molar-refractivity contribution < 1.29 is 4.74 Å². The van der Waals surface area contributed by atoms with E-state index in [1.54, 1.807) is 0 Å². The summed E-state index contributed by atoms with van der Waals surface area (Å²) in [5.41, 5.74) is 2.48. The molecule has 0 fully saturated rings. The predicted molar refractivity (Wildman–Crippen MR) is 61.3 cm³/mol. The maximum atomic E-state index is 5.71. The fourth-order valence-corrected chi connectivity index (χ4v) is 1.25. The Morgan fingerprint density at radius 1 is 1.36 bits per heavy atom. The maximum Gasteiger partial charge on any atom is 0.122 e. The van der Waals surface area contributed by atoms with Gasteiger partial charge >= 0.3 is 0 Å². The van der Waals surface area contributed by atoms with Crippen LogP contribution >= 0.6 is 11.6 Å². The number of hydrogen-bond acceptors (Lipinski definition) is 1. The average Bonchev–Trinajstić information content (AvgIpc) is 2.20. The lowest BCUT2D eigenvalue weighted by Crippen LogP contribution is -2.10. The minimum Gasteiger partial charge on any atom is -0.493 e. The number of rotatable bonds is 4. The molecule has 2 heteroatoms. The van der Waals surface area contributed by atoms with E-state index < -0.39 is 0 Å². The van der Waals surface area contributed by atoms with Crippen molar-refractivity contribution in [3.63, 3.8) is 0 Å². The Morgan fingerprint density at radius 2 is 2.07 bits per heavy atom. The van der Waals surface area contributed by atoms with Crippen LogP contribution in [0.25, 0.3) is 0 Å². The van der Waals surface area contributed by atoms with Gasteiger partial charge < -0.3 is 4.74 Å². The van der Waals surface area contributed by atoms with E-state index in [1.165, 1.54) is 11.1 Å². The topological polar surface area (TPSA) is 9.23 Å². The van der Waals surface area contributed by atoms with Crippen LogP contribution in [0.2, 0.25) is 0 Å². The van der Waals surface area contributed by atoms with E-state index in [0.717, 1.165) is 5.75 Å². The second-order valence-corrected chi connectivity index (χ2v) is 4.08. The second kappa shape index (κ2) is 5.26. The van der Waals surface area contributed by atoms with Crippen LogP contribution in [-0.4, -0.2) is 12.5 Å². The Hall–Kier alpha value is -0.690. The summed E-state index contributed by atoms with van der Waals surface area (Å²) in [6, 6.07) is 6.11. The number of halogens is 1. The van der Waals surface area contributed by atoms with E-state index in [2.05, 4.69) is 26.8 Å². The summed E-state index contributed by atoms with van der Waals surface area (Å²) in [7, 11) is 0. The molecule has 0 saturated heterocycles. The van der Waals surface area contributed by atoms with Gasteiger partial charge in [-0.15, -0.1) is 11.6 Å². The van der Waals surface area contributed by atoms with Crippen molar-refractivity contribution in [3.8, 4) is 5.75 Å². The fraction of sp³-hybridized carbons (Fsp3) is 0.500. The zero-order valence-corrected chi connectivity index (χ0v) is 9.77. The molecule has 0 radical (unpaired) electrons. The Labute approximate surface area is 91.0 Å². The number of hydrogen-bond donors (Lipinski definition) is 0. The Morgan fingerprint density at radius 3 is 2.71 bits per heavy atom. The molecule has 0 N–H and O–H groups in total. The van der Waals surface area contributed by atoms with Crippen molar-refractivity contribution in [2.45, 2.75) is 20.8 Å². The molecule has 1 nitrogen and oxygen atoms in total. The average molecular weight is 213 g/mol. The molecule has 0 aliphatic carbocycles. The van der Waals surface area contributed by atoms with Gasteiger partial charge in [0.05, 0.1) is 6.61 Å². The molecule has 1 unspecified atom stereocenters. The molecule has 0 aliphatic heterocycles. The first-order valence-corrected chi connectivity index (χ1v) is 5.43. The highest BCUT2D eigenvalue weighted by atomic mass is 35.5. The van der Waals surface area contributed by atoms with Crippen LogP contribution in [0, 0.1) is 19.8 Å². The van der Waals surface area contributed by atoms with E-state index in [0.29, 0.717) is 18.4 Å².